The fourth-order valence-electron chi connectivity index (χ4n) is 2.66. The molecule has 1 saturated heterocycles. The average molecular weight is 269 g/mol. The van der Waals surface area contributed by atoms with Crippen LogP contribution in [0.3, 0.4) is 0 Å². The zero-order valence-corrected chi connectivity index (χ0v) is 13.7. The van der Waals surface area contributed by atoms with Crippen molar-refractivity contribution in [2.75, 3.05) is 0 Å². The van der Waals surface area contributed by atoms with Gasteiger partial charge in [-0.1, -0.05) is 26.8 Å². The number of hydrogen-bond acceptors (Lipinski definition) is 2. The Labute approximate surface area is 113 Å². The Morgan fingerprint density at radius 3 is 2.28 bits per heavy atom. The van der Waals surface area contributed by atoms with E-state index in [9.17, 15) is 4.79 Å². The van der Waals surface area contributed by atoms with Crippen LogP contribution in [0.1, 0.15) is 34.1 Å². The van der Waals surface area contributed by atoms with Crippen LogP contribution in [0.5, 0.6) is 0 Å². The van der Waals surface area contributed by atoms with Crippen LogP contribution >= 0.6 is 0 Å². The first-order valence-corrected chi connectivity index (χ1v) is 9.50. The van der Waals surface area contributed by atoms with E-state index >= 15 is 0 Å². The van der Waals surface area contributed by atoms with Crippen molar-refractivity contribution >= 4 is 14.9 Å². The van der Waals surface area contributed by atoms with Crippen LogP contribution in [0.4, 0.5) is 0 Å². The molecular formula is C14H27NO2Si. The largest absolute Gasteiger partial charge is 0.414 e. The van der Waals surface area contributed by atoms with Gasteiger partial charge < -0.3 is 9.74 Å². The molecule has 1 heterocycles. The third kappa shape index (κ3) is 2.69. The smallest absolute Gasteiger partial charge is 0.228 e. The Balaban J connectivity index is 3.02. The molecule has 3 atom stereocenters. The van der Waals surface area contributed by atoms with Gasteiger partial charge in [-0.3, -0.25) is 4.79 Å². The maximum atomic E-state index is 12.0. The molecule has 0 aromatic carbocycles. The highest BCUT2D eigenvalue weighted by molar-refractivity contribution is 6.48. The number of amides is 1. The zero-order chi connectivity index (χ0) is 14.1. The molecule has 0 spiro atoms. The Morgan fingerprint density at radius 1 is 1.39 bits per heavy atom. The summed E-state index contributed by atoms with van der Waals surface area (Å²) in [6, 6.07) is 0.173. The molecule has 0 aromatic heterocycles. The van der Waals surface area contributed by atoms with E-state index in [2.05, 4.69) is 52.7 Å². The lowest BCUT2D eigenvalue weighted by Gasteiger charge is -2.54. The minimum absolute atomic E-state index is 0.0634. The molecule has 1 unspecified atom stereocenters. The fourth-order valence-corrected chi connectivity index (χ4v) is 4.14. The lowest BCUT2D eigenvalue weighted by molar-refractivity contribution is -0.158. The van der Waals surface area contributed by atoms with Gasteiger partial charge >= 0.3 is 0 Å². The molecule has 0 bridgehead atoms. The molecule has 0 aliphatic carbocycles. The van der Waals surface area contributed by atoms with Crippen LogP contribution in [0.2, 0.25) is 13.1 Å². The van der Waals surface area contributed by atoms with Crippen LogP contribution in [-0.2, 0) is 9.22 Å². The summed E-state index contributed by atoms with van der Waals surface area (Å²) in [4.78, 5) is 12.0. The number of β-lactam (4-membered cyclic amide) rings is 1. The quantitative estimate of drug-likeness (QED) is 0.473. The van der Waals surface area contributed by atoms with Crippen molar-refractivity contribution < 1.29 is 9.22 Å². The Kier molecular flexibility index (Phi) is 4.44. The van der Waals surface area contributed by atoms with E-state index in [0.717, 1.165) is 6.42 Å². The van der Waals surface area contributed by atoms with Gasteiger partial charge in [-0.05, 0) is 31.9 Å². The lowest BCUT2D eigenvalue weighted by atomic mass is 9.64. The van der Waals surface area contributed by atoms with Gasteiger partial charge in [-0.15, -0.1) is 6.58 Å². The first-order valence-electron chi connectivity index (χ1n) is 6.72. The van der Waals surface area contributed by atoms with Gasteiger partial charge in [-0.2, -0.15) is 0 Å². The van der Waals surface area contributed by atoms with Gasteiger partial charge in [-0.25, -0.2) is 0 Å². The van der Waals surface area contributed by atoms with Gasteiger partial charge in [0, 0.05) is 6.04 Å². The summed E-state index contributed by atoms with van der Waals surface area (Å²) in [6.45, 7) is 16.6. The highest BCUT2D eigenvalue weighted by atomic mass is 28.3. The second kappa shape index (κ2) is 5.17. The van der Waals surface area contributed by atoms with Crippen molar-refractivity contribution in [3.63, 3.8) is 0 Å². The maximum Gasteiger partial charge on any atom is 0.228 e. The molecule has 104 valence electrons. The molecule has 3 nitrogen and oxygen atoms in total. The summed E-state index contributed by atoms with van der Waals surface area (Å²) >= 11 is 0. The van der Waals surface area contributed by atoms with E-state index in [1.807, 2.05) is 6.08 Å². The van der Waals surface area contributed by atoms with Crippen LogP contribution in [-0.4, -0.2) is 26.6 Å². The van der Waals surface area contributed by atoms with E-state index in [1.165, 1.54) is 0 Å². The second-order valence-electron chi connectivity index (χ2n) is 6.64. The van der Waals surface area contributed by atoms with Crippen molar-refractivity contribution in [1.82, 2.24) is 5.32 Å². The topological polar surface area (TPSA) is 38.3 Å². The molecule has 18 heavy (non-hydrogen) atoms. The van der Waals surface area contributed by atoms with Gasteiger partial charge in [0.15, 0.2) is 9.04 Å². The summed E-state index contributed by atoms with van der Waals surface area (Å²) in [5, 5.41) is 2.97. The van der Waals surface area contributed by atoms with Crippen molar-refractivity contribution in [3.05, 3.63) is 12.7 Å². The van der Waals surface area contributed by atoms with Crippen molar-refractivity contribution in [3.8, 4) is 0 Å². The van der Waals surface area contributed by atoms with E-state index in [1.54, 1.807) is 0 Å². The minimum Gasteiger partial charge on any atom is -0.414 e. The van der Waals surface area contributed by atoms with Gasteiger partial charge in [0.05, 0.1) is 11.5 Å². The van der Waals surface area contributed by atoms with E-state index in [4.69, 9.17) is 4.43 Å². The summed E-state index contributed by atoms with van der Waals surface area (Å²) in [7, 11) is -1.21. The Bertz CT molecular complexity index is 333. The van der Waals surface area contributed by atoms with Crippen LogP contribution < -0.4 is 5.32 Å². The molecule has 1 amide bonds. The first kappa shape index (κ1) is 15.4. The summed E-state index contributed by atoms with van der Waals surface area (Å²) in [5.74, 6) is 0.0549. The fraction of sp³-hybridized carbons (Fsp3) is 0.786. The molecule has 1 rings (SSSR count). The normalized spacial score (nSPS) is 27.4. The summed E-state index contributed by atoms with van der Waals surface area (Å²) < 4.78 is 6.30. The third-order valence-corrected chi connectivity index (χ3v) is 4.96. The predicted octanol–water partition coefficient (Wildman–Crippen LogP) is 2.48. The molecule has 1 aliphatic heterocycles. The number of nitrogens with one attached hydrogen (secondary N) is 1. The van der Waals surface area contributed by atoms with Gasteiger partial charge in [0.25, 0.3) is 0 Å². The second-order valence-corrected chi connectivity index (χ2v) is 8.97. The summed E-state index contributed by atoms with van der Waals surface area (Å²) in [5.41, 5.74) is -0.463. The van der Waals surface area contributed by atoms with E-state index in [-0.39, 0.29) is 23.3 Å². The third-order valence-electron chi connectivity index (χ3n) is 4.00. The van der Waals surface area contributed by atoms with Crippen LogP contribution in [0.25, 0.3) is 0 Å². The molecule has 1 N–H and O–H groups in total. The van der Waals surface area contributed by atoms with Crippen LogP contribution in [0.15, 0.2) is 12.7 Å². The Hall–Kier alpha value is -0.613. The van der Waals surface area contributed by atoms with Gasteiger partial charge in [0.2, 0.25) is 5.91 Å². The minimum atomic E-state index is -1.21. The molecule has 0 aromatic rings. The highest BCUT2D eigenvalue weighted by Gasteiger charge is 2.56. The zero-order valence-electron chi connectivity index (χ0n) is 12.5. The maximum absolute atomic E-state index is 12.0. The van der Waals surface area contributed by atoms with Crippen LogP contribution in [0, 0.1) is 11.3 Å². The molecular weight excluding hydrogens is 242 g/mol. The van der Waals surface area contributed by atoms with Crippen molar-refractivity contribution in [1.29, 1.82) is 0 Å². The summed E-state index contributed by atoms with van der Waals surface area (Å²) in [6.07, 6.45) is 2.68. The van der Waals surface area contributed by atoms with E-state index < -0.39 is 14.6 Å². The first-order chi connectivity index (χ1) is 8.13. The number of carbonyl (C=O) groups is 1. The number of hydrogen-bond donors (Lipinski definition) is 1. The Morgan fingerprint density at radius 2 is 1.94 bits per heavy atom. The number of rotatable bonds is 5. The molecule has 4 heteroatoms. The predicted molar refractivity (Wildman–Crippen MR) is 78.1 cm³/mol. The molecule has 0 radical (unpaired) electrons. The highest BCUT2D eigenvalue weighted by Crippen LogP contribution is 2.45. The monoisotopic (exact) mass is 269 g/mol. The van der Waals surface area contributed by atoms with Crippen molar-refractivity contribution in [2.45, 2.75) is 58.9 Å². The number of carbonyl (C=O) groups excluding carboxylic acids is 1. The van der Waals surface area contributed by atoms with Crippen molar-refractivity contribution in [2.24, 2.45) is 11.3 Å². The molecule has 1 fully saturated rings. The molecule has 1 aliphatic rings. The van der Waals surface area contributed by atoms with Gasteiger partial charge in [0.1, 0.15) is 0 Å². The lowest BCUT2D eigenvalue weighted by Crippen LogP contribution is -2.70. The molecule has 0 saturated carbocycles. The SMILES string of the molecule is C=CC[C@H]1NC(=O)[C@@H]1C(C)(O[SiH](C)C)C(C)(C)C. The average Bonchev–Trinajstić information content (AvgIpc) is 2.13. The standard InChI is InChI=1S/C14H27NO2Si/c1-8-9-10-11(12(16)15-10)14(5,13(2,3)4)17-18(6)7/h8,10-11,18H,1,9H2,2-7H3,(H,15,16)/t10-,11-,14?/m1/s1. The van der Waals surface area contributed by atoms with E-state index in [0.29, 0.717) is 0 Å².